The molecule has 8 nitrogen and oxygen atoms in total. The van der Waals surface area contributed by atoms with Crippen molar-refractivity contribution in [3.8, 4) is 17.1 Å². The number of nitrogens with two attached hydrogens (primary N) is 1. The lowest BCUT2D eigenvalue weighted by molar-refractivity contribution is -0.121. The molecule has 1 aliphatic heterocycles. The molecule has 9 heteroatoms. The summed E-state index contributed by atoms with van der Waals surface area (Å²) in [5.41, 5.74) is 9.60. The summed E-state index contributed by atoms with van der Waals surface area (Å²) in [6.07, 6.45) is 6.90. The third kappa shape index (κ3) is 6.75. The Hall–Kier alpha value is -3.82. The first-order valence-corrected chi connectivity index (χ1v) is 17.2. The van der Waals surface area contributed by atoms with Crippen LogP contribution in [0.5, 0.6) is 5.75 Å². The highest BCUT2D eigenvalue weighted by Crippen LogP contribution is 2.53. The fourth-order valence-electron chi connectivity index (χ4n) is 6.38. The van der Waals surface area contributed by atoms with E-state index in [9.17, 15) is 9.00 Å². The molecule has 0 spiro atoms. The highest BCUT2D eigenvalue weighted by atomic mass is 32.2. The van der Waals surface area contributed by atoms with E-state index in [0.717, 1.165) is 38.0 Å². The van der Waals surface area contributed by atoms with Crippen LogP contribution in [0.1, 0.15) is 68.9 Å². The predicted octanol–water partition coefficient (Wildman–Crippen LogP) is 6.06. The molecular formula is C36H42N4O4S. The van der Waals surface area contributed by atoms with Crippen molar-refractivity contribution in [2.24, 2.45) is 5.73 Å². The summed E-state index contributed by atoms with van der Waals surface area (Å²) in [6, 6.07) is 26.4. The molecule has 1 unspecified atom stereocenters. The lowest BCUT2D eigenvalue weighted by Gasteiger charge is -2.38. The molecule has 2 heterocycles. The van der Waals surface area contributed by atoms with Crippen LogP contribution in [0, 0.1) is 0 Å². The van der Waals surface area contributed by atoms with Crippen LogP contribution in [0.2, 0.25) is 0 Å². The molecule has 1 atom stereocenters. The minimum Gasteiger partial charge on any atom is -0.494 e. The van der Waals surface area contributed by atoms with E-state index in [2.05, 4.69) is 76.6 Å². The summed E-state index contributed by atoms with van der Waals surface area (Å²) in [4.78, 5) is 20.1. The van der Waals surface area contributed by atoms with Crippen molar-refractivity contribution in [1.82, 2.24) is 15.0 Å². The second-order valence-corrected chi connectivity index (χ2v) is 14.1. The van der Waals surface area contributed by atoms with Crippen LogP contribution in [0.25, 0.3) is 11.4 Å². The Kier molecular flexibility index (Phi) is 9.47. The molecule has 1 aliphatic carbocycles. The summed E-state index contributed by atoms with van der Waals surface area (Å²) in [6.45, 7) is 5.11. The zero-order chi connectivity index (χ0) is 31.3. The zero-order valence-electron chi connectivity index (χ0n) is 26.0. The number of likely N-dealkylation sites (tertiary alicyclic amines) is 1. The number of benzene rings is 3. The number of hydrogen-bond acceptors (Lipinski definition) is 7. The Morgan fingerprint density at radius 2 is 1.62 bits per heavy atom. The number of carbonyl (C=O) groups is 1. The maximum atomic E-state index is 13.6. The van der Waals surface area contributed by atoms with E-state index >= 15 is 0 Å². The normalized spacial score (nSPS) is 17.9. The first kappa shape index (κ1) is 31.2. The number of carbonyl (C=O) groups excluding carboxylic acids is 1. The average Bonchev–Trinajstić information content (AvgIpc) is 3.77. The molecule has 45 heavy (non-hydrogen) atoms. The smallest absolute Gasteiger partial charge is 0.236 e. The van der Waals surface area contributed by atoms with Gasteiger partial charge in [-0.1, -0.05) is 73.1 Å². The number of aromatic nitrogens is 2. The Morgan fingerprint density at radius 1 is 0.933 bits per heavy atom. The molecule has 236 valence electrons. The summed E-state index contributed by atoms with van der Waals surface area (Å²) >= 11 is 0. The van der Waals surface area contributed by atoms with Gasteiger partial charge in [0, 0.05) is 35.4 Å². The fourth-order valence-corrected chi connectivity index (χ4v) is 7.95. The largest absolute Gasteiger partial charge is 0.494 e. The van der Waals surface area contributed by atoms with Crippen molar-refractivity contribution >= 4 is 16.7 Å². The van der Waals surface area contributed by atoms with E-state index in [1.165, 1.54) is 24.0 Å². The predicted molar refractivity (Wildman–Crippen MR) is 175 cm³/mol. The molecule has 2 N–H and O–H groups in total. The van der Waals surface area contributed by atoms with E-state index in [4.69, 9.17) is 15.0 Å². The van der Waals surface area contributed by atoms with Crippen LogP contribution in [0.15, 0.2) is 88.3 Å². The molecule has 0 bridgehead atoms. The highest BCUT2D eigenvalue weighted by Gasteiger charge is 2.46. The van der Waals surface area contributed by atoms with Crippen molar-refractivity contribution in [3.63, 3.8) is 0 Å². The molecule has 1 amide bonds. The number of hydrogen-bond donors (Lipinski definition) is 1. The van der Waals surface area contributed by atoms with Crippen LogP contribution in [0.4, 0.5) is 0 Å². The van der Waals surface area contributed by atoms with Gasteiger partial charge in [-0.05, 0) is 80.5 Å². The number of ether oxygens (including phenoxy) is 1. The van der Waals surface area contributed by atoms with E-state index in [1.807, 2.05) is 0 Å². The topological polar surface area (TPSA) is 112 Å². The van der Waals surface area contributed by atoms with Gasteiger partial charge >= 0.3 is 0 Å². The van der Waals surface area contributed by atoms with Crippen molar-refractivity contribution in [2.75, 3.05) is 26.2 Å². The van der Waals surface area contributed by atoms with Crippen molar-refractivity contribution < 1.29 is 18.3 Å². The van der Waals surface area contributed by atoms with Crippen molar-refractivity contribution in [1.29, 1.82) is 0 Å². The van der Waals surface area contributed by atoms with E-state index < -0.39 is 21.5 Å². The summed E-state index contributed by atoms with van der Waals surface area (Å²) in [5.74, 6) is 1.36. The monoisotopic (exact) mass is 626 g/mol. The first-order valence-electron chi connectivity index (χ1n) is 16.1. The fraction of sp³-hybridized carbons (Fsp3) is 0.417. The van der Waals surface area contributed by atoms with Gasteiger partial charge < -0.3 is 19.9 Å². The van der Waals surface area contributed by atoms with Gasteiger partial charge in [0.05, 0.1) is 17.4 Å². The number of primary amides is 1. The number of unbranched alkanes of at least 4 members (excludes halogenated alkanes) is 1. The Bertz CT molecular complexity index is 1590. The van der Waals surface area contributed by atoms with Crippen LogP contribution < -0.4 is 10.5 Å². The number of rotatable bonds is 14. The van der Waals surface area contributed by atoms with Gasteiger partial charge in [0.15, 0.2) is 0 Å². The van der Waals surface area contributed by atoms with Crippen LogP contribution in [-0.2, 0) is 27.4 Å². The molecule has 4 aromatic rings. The Labute approximate surface area is 267 Å². The third-order valence-electron chi connectivity index (χ3n) is 9.38. The van der Waals surface area contributed by atoms with Gasteiger partial charge in [-0.25, -0.2) is 0 Å². The van der Waals surface area contributed by atoms with E-state index in [1.54, 1.807) is 24.3 Å². The summed E-state index contributed by atoms with van der Waals surface area (Å²) in [5, 5.41) is 4.20. The minimum absolute atomic E-state index is 0.136. The van der Waals surface area contributed by atoms with E-state index in [0.29, 0.717) is 54.7 Å². The van der Waals surface area contributed by atoms with Gasteiger partial charge in [0.2, 0.25) is 17.6 Å². The summed E-state index contributed by atoms with van der Waals surface area (Å²) in [7, 11) is -1.53. The van der Waals surface area contributed by atoms with Gasteiger partial charge in [-0.3, -0.25) is 9.00 Å². The number of piperidine rings is 1. The Morgan fingerprint density at radius 3 is 2.27 bits per heavy atom. The minimum atomic E-state index is -1.53. The van der Waals surface area contributed by atoms with Gasteiger partial charge in [-0.2, -0.15) is 4.98 Å². The molecule has 6 rings (SSSR count). The zero-order valence-corrected chi connectivity index (χ0v) is 26.8. The lowest BCUT2D eigenvalue weighted by Crippen LogP contribution is -2.54. The second kappa shape index (κ2) is 13.7. The SMILES string of the molecule is CCCCN1CCC(C(N)=O)(S(=O)c2ccc(OCCCc3nc(-c4ccc(C5(c6ccccc6)CC5)cc4)no3)cc2)CC1. The molecule has 2 aliphatic rings. The highest BCUT2D eigenvalue weighted by molar-refractivity contribution is 7.87. The van der Waals surface area contributed by atoms with Crippen LogP contribution in [0.3, 0.4) is 0 Å². The average molecular weight is 627 g/mol. The number of aryl methyl sites for hydroxylation is 1. The Balaban J connectivity index is 0.982. The first-order chi connectivity index (χ1) is 21.9. The van der Waals surface area contributed by atoms with E-state index in [-0.39, 0.29) is 5.41 Å². The van der Waals surface area contributed by atoms with Gasteiger partial charge in [0.25, 0.3) is 0 Å². The molecule has 2 fully saturated rings. The van der Waals surface area contributed by atoms with Gasteiger partial charge in [0.1, 0.15) is 10.5 Å². The second-order valence-electron chi connectivity index (χ2n) is 12.3. The van der Waals surface area contributed by atoms with Crippen LogP contribution >= 0.6 is 0 Å². The molecule has 3 aromatic carbocycles. The molecule has 1 saturated heterocycles. The van der Waals surface area contributed by atoms with Gasteiger partial charge in [-0.15, -0.1) is 0 Å². The lowest BCUT2D eigenvalue weighted by atomic mass is 9.87. The maximum Gasteiger partial charge on any atom is 0.236 e. The maximum absolute atomic E-state index is 13.6. The molecule has 1 aromatic heterocycles. The third-order valence-corrected chi connectivity index (χ3v) is 11.4. The van der Waals surface area contributed by atoms with Crippen molar-refractivity contribution in [3.05, 3.63) is 95.9 Å². The van der Waals surface area contributed by atoms with Crippen molar-refractivity contribution in [2.45, 2.75) is 73.3 Å². The molecule has 0 radical (unpaired) electrons. The number of nitrogens with zero attached hydrogens (tertiary/aromatic N) is 3. The molecule has 1 saturated carbocycles. The molecular weight excluding hydrogens is 584 g/mol. The summed E-state index contributed by atoms with van der Waals surface area (Å²) < 4.78 is 24.0. The van der Waals surface area contributed by atoms with Crippen LogP contribution in [-0.4, -0.2) is 56.1 Å². The number of amides is 1. The quantitative estimate of drug-likeness (QED) is 0.170. The standard InChI is InChI=1S/C36H42N4O4S/c1-2-3-23-40-24-21-36(22-25-40,34(37)41)45(42)31-17-15-30(16-18-31)43-26-7-10-32-38-33(39-44-32)27-11-13-29(14-12-27)35(19-20-35)28-8-5-4-6-9-28/h4-6,8-9,11-18H,2-3,7,10,19-26H2,1H3,(H2,37,41).